The van der Waals surface area contributed by atoms with Crippen LogP contribution in [0.5, 0.6) is 0 Å². The van der Waals surface area contributed by atoms with Gasteiger partial charge in [0.1, 0.15) is 0 Å². The van der Waals surface area contributed by atoms with Gasteiger partial charge in [-0.15, -0.1) is 0 Å². The molecule has 130 valence electrons. The van der Waals surface area contributed by atoms with Crippen LogP contribution in [-0.4, -0.2) is 4.57 Å². The lowest BCUT2D eigenvalue weighted by Gasteiger charge is -2.07. The van der Waals surface area contributed by atoms with E-state index in [0.717, 1.165) is 6.54 Å². The van der Waals surface area contributed by atoms with Crippen molar-refractivity contribution in [3.63, 3.8) is 0 Å². The van der Waals surface area contributed by atoms with Gasteiger partial charge < -0.3 is 4.57 Å². The molecule has 1 aromatic heterocycles. The molecule has 4 aromatic carbocycles. The molecule has 5 aromatic rings. The Morgan fingerprint density at radius 2 is 1.07 bits per heavy atom. The van der Waals surface area contributed by atoms with E-state index in [1.165, 1.54) is 44.1 Å². The van der Waals surface area contributed by atoms with Gasteiger partial charge in [0.25, 0.3) is 0 Å². The summed E-state index contributed by atoms with van der Waals surface area (Å²) in [6.45, 7) is 3.19. The number of para-hydroxylation sites is 1. The van der Waals surface area contributed by atoms with E-state index in [2.05, 4.69) is 109 Å². The Morgan fingerprint density at radius 3 is 1.81 bits per heavy atom. The molecule has 1 heteroatoms. The van der Waals surface area contributed by atoms with Crippen LogP contribution in [0.3, 0.4) is 0 Å². The van der Waals surface area contributed by atoms with Gasteiger partial charge in [-0.25, -0.2) is 0 Å². The topological polar surface area (TPSA) is 4.93 Å². The molecule has 0 aliphatic rings. The summed E-state index contributed by atoms with van der Waals surface area (Å²) >= 11 is 0. The van der Waals surface area contributed by atoms with E-state index in [0.29, 0.717) is 0 Å². The summed E-state index contributed by atoms with van der Waals surface area (Å²) in [7, 11) is 0. The van der Waals surface area contributed by atoms with Crippen molar-refractivity contribution in [3.8, 4) is 22.3 Å². The lowest BCUT2D eigenvalue weighted by atomic mass is 9.99. The van der Waals surface area contributed by atoms with Crippen LogP contribution in [0.15, 0.2) is 97.1 Å². The molecule has 0 spiro atoms. The van der Waals surface area contributed by atoms with E-state index in [4.69, 9.17) is 0 Å². The maximum Gasteiger partial charge on any atom is 0.0497 e. The molecule has 0 radical (unpaired) electrons. The standard InChI is InChI=1S/C26H21N/c1-2-27-25-11-7-6-10-23(25)24-17-16-22(18-26(24)27)21-14-12-20(13-15-21)19-8-4-3-5-9-19/h3-18H,2H2,1H3. The Labute approximate surface area is 159 Å². The van der Waals surface area contributed by atoms with E-state index in [1.54, 1.807) is 0 Å². The van der Waals surface area contributed by atoms with Crippen LogP contribution in [0.1, 0.15) is 6.92 Å². The molecule has 5 rings (SSSR count). The van der Waals surface area contributed by atoms with Crippen molar-refractivity contribution < 1.29 is 0 Å². The zero-order valence-corrected chi connectivity index (χ0v) is 15.4. The fraction of sp³-hybridized carbons (Fsp3) is 0.0769. The monoisotopic (exact) mass is 347 g/mol. The molecule has 0 amide bonds. The third-order valence-electron chi connectivity index (χ3n) is 5.42. The van der Waals surface area contributed by atoms with Crippen molar-refractivity contribution in [2.45, 2.75) is 13.5 Å². The first kappa shape index (κ1) is 15.9. The Bertz CT molecular complexity index is 1230. The lowest BCUT2D eigenvalue weighted by molar-refractivity contribution is 0.827. The highest BCUT2D eigenvalue weighted by Gasteiger charge is 2.10. The van der Waals surface area contributed by atoms with Gasteiger partial charge in [-0.3, -0.25) is 0 Å². The minimum atomic E-state index is 0.973. The third-order valence-corrected chi connectivity index (χ3v) is 5.42. The normalized spacial score (nSPS) is 11.3. The van der Waals surface area contributed by atoms with Crippen molar-refractivity contribution in [1.82, 2.24) is 4.57 Å². The second-order valence-corrected chi connectivity index (χ2v) is 6.94. The van der Waals surface area contributed by atoms with Crippen molar-refractivity contribution in [1.29, 1.82) is 0 Å². The van der Waals surface area contributed by atoms with E-state index in [1.807, 2.05) is 0 Å². The summed E-state index contributed by atoms with van der Waals surface area (Å²) in [5.74, 6) is 0. The number of hydrogen-bond donors (Lipinski definition) is 0. The predicted octanol–water partition coefficient (Wildman–Crippen LogP) is 7.15. The largest absolute Gasteiger partial charge is 0.341 e. The van der Waals surface area contributed by atoms with Crippen molar-refractivity contribution in [3.05, 3.63) is 97.1 Å². The summed E-state index contributed by atoms with van der Waals surface area (Å²) in [5, 5.41) is 2.66. The smallest absolute Gasteiger partial charge is 0.0497 e. The number of nitrogens with zero attached hydrogens (tertiary/aromatic N) is 1. The van der Waals surface area contributed by atoms with Crippen LogP contribution < -0.4 is 0 Å². The lowest BCUT2D eigenvalue weighted by Crippen LogP contribution is -1.92. The number of aromatic nitrogens is 1. The van der Waals surface area contributed by atoms with E-state index >= 15 is 0 Å². The van der Waals surface area contributed by atoms with Gasteiger partial charge in [0.2, 0.25) is 0 Å². The van der Waals surface area contributed by atoms with E-state index < -0.39 is 0 Å². The summed E-state index contributed by atoms with van der Waals surface area (Å²) < 4.78 is 2.41. The number of hydrogen-bond acceptors (Lipinski definition) is 0. The summed E-state index contributed by atoms with van der Waals surface area (Å²) in [5.41, 5.74) is 7.65. The number of benzene rings is 4. The molecule has 27 heavy (non-hydrogen) atoms. The number of aryl methyl sites for hydroxylation is 1. The fourth-order valence-electron chi connectivity index (χ4n) is 4.06. The Morgan fingerprint density at radius 1 is 0.519 bits per heavy atom. The summed E-state index contributed by atoms with van der Waals surface area (Å²) in [6.07, 6.45) is 0. The van der Waals surface area contributed by atoms with Crippen LogP contribution in [0, 0.1) is 0 Å². The van der Waals surface area contributed by atoms with Crippen LogP contribution in [0.2, 0.25) is 0 Å². The first-order valence-electron chi connectivity index (χ1n) is 9.52. The van der Waals surface area contributed by atoms with Crippen molar-refractivity contribution >= 4 is 21.8 Å². The first-order valence-corrected chi connectivity index (χ1v) is 9.52. The predicted molar refractivity (Wildman–Crippen MR) is 116 cm³/mol. The molecule has 0 aliphatic carbocycles. The average Bonchev–Trinajstić information content (AvgIpc) is 3.07. The Balaban J connectivity index is 1.62. The zero-order valence-electron chi connectivity index (χ0n) is 15.4. The molecule has 1 nitrogen and oxygen atoms in total. The van der Waals surface area contributed by atoms with Crippen LogP contribution in [0.25, 0.3) is 44.1 Å². The number of rotatable bonds is 3. The van der Waals surface area contributed by atoms with Crippen molar-refractivity contribution in [2.24, 2.45) is 0 Å². The number of fused-ring (bicyclic) bond motifs is 3. The highest BCUT2D eigenvalue weighted by Crippen LogP contribution is 2.33. The van der Waals surface area contributed by atoms with Gasteiger partial charge in [0.15, 0.2) is 0 Å². The van der Waals surface area contributed by atoms with Gasteiger partial charge in [-0.1, -0.05) is 84.9 Å². The maximum atomic E-state index is 2.41. The summed E-state index contributed by atoms with van der Waals surface area (Å²) in [6, 6.07) is 34.9. The molecule has 0 saturated heterocycles. The minimum absolute atomic E-state index is 0.973. The quantitative estimate of drug-likeness (QED) is 0.326. The van der Waals surface area contributed by atoms with Crippen LogP contribution >= 0.6 is 0 Å². The van der Waals surface area contributed by atoms with Gasteiger partial charge in [-0.2, -0.15) is 0 Å². The fourth-order valence-corrected chi connectivity index (χ4v) is 4.06. The highest BCUT2D eigenvalue weighted by molar-refractivity contribution is 6.09. The van der Waals surface area contributed by atoms with E-state index in [9.17, 15) is 0 Å². The highest BCUT2D eigenvalue weighted by atomic mass is 15.0. The first-order chi connectivity index (χ1) is 13.3. The molecule has 0 saturated carbocycles. The minimum Gasteiger partial charge on any atom is -0.341 e. The summed E-state index contributed by atoms with van der Waals surface area (Å²) in [4.78, 5) is 0. The van der Waals surface area contributed by atoms with Crippen LogP contribution in [-0.2, 0) is 6.54 Å². The van der Waals surface area contributed by atoms with Crippen molar-refractivity contribution in [2.75, 3.05) is 0 Å². The average molecular weight is 347 g/mol. The molecular weight excluding hydrogens is 326 g/mol. The Hall–Kier alpha value is -3.32. The van der Waals surface area contributed by atoms with Gasteiger partial charge >= 0.3 is 0 Å². The van der Waals surface area contributed by atoms with E-state index in [-0.39, 0.29) is 0 Å². The second-order valence-electron chi connectivity index (χ2n) is 6.94. The van der Waals surface area contributed by atoms with Gasteiger partial charge in [-0.05, 0) is 41.3 Å². The molecular formula is C26H21N. The van der Waals surface area contributed by atoms with Crippen LogP contribution in [0.4, 0.5) is 0 Å². The van der Waals surface area contributed by atoms with Gasteiger partial charge in [0, 0.05) is 28.4 Å². The molecule has 0 N–H and O–H groups in total. The van der Waals surface area contributed by atoms with Gasteiger partial charge in [0.05, 0.1) is 0 Å². The Kier molecular flexibility index (Phi) is 3.79. The molecule has 0 unspecified atom stereocenters. The molecule has 0 aliphatic heterocycles. The molecule has 0 atom stereocenters. The third kappa shape index (κ3) is 2.63. The zero-order chi connectivity index (χ0) is 18.2. The second kappa shape index (κ2) is 6.44. The molecule has 0 fully saturated rings. The SMILES string of the molecule is CCn1c2ccccc2c2ccc(-c3ccc(-c4ccccc4)cc3)cc21. The maximum absolute atomic E-state index is 2.41. The molecule has 0 bridgehead atoms. The molecule has 1 heterocycles.